The number of anilines is 2. The van der Waals surface area contributed by atoms with Crippen molar-refractivity contribution in [2.45, 2.75) is 4.90 Å². The van der Waals surface area contributed by atoms with Gasteiger partial charge in [0, 0.05) is 24.1 Å². The highest BCUT2D eigenvalue weighted by Crippen LogP contribution is 2.35. The van der Waals surface area contributed by atoms with E-state index in [4.69, 9.17) is 10.2 Å². The van der Waals surface area contributed by atoms with Crippen molar-refractivity contribution in [3.63, 3.8) is 0 Å². The molecule has 0 saturated carbocycles. The van der Waals surface area contributed by atoms with E-state index in [2.05, 4.69) is 15.0 Å². The Hall–Kier alpha value is -3.54. The molecule has 12 heteroatoms. The van der Waals surface area contributed by atoms with Gasteiger partial charge in [0.2, 0.25) is 5.89 Å². The monoisotopic (exact) mass is 427 g/mol. The molecule has 0 atom stereocenters. The molecule has 0 unspecified atom stereocenters. The molecule has 29 heavy (non-hydrogen) atoms. The number of amides is 1. The van der Waals surface area contributed by atoms with Gasteiger partial charge in [-0.3, -0.25) is 0 Å². The maximum Gasteiger partial charge on any atom is 0.411 e. The van der Waals surface area contributed by atoms with Crippen LogP contribution in [0, 0.1) is 17.5 Å². The number of hydrogen-bond donors (Lipinski definition) is 2. The van der Waals surface area contributed by atoms with Crippen LogP contribution < -0.4 is 15.8 Å². The zero-order valence-electron chi connectivity index (χ0n) is 14.6. The van der Waals surface area contributed by atoms with E-state index in [1.807, 2.05) is 0 Å². The van der Waals surface area contributed by atoms with Gasteiger partial charge in [-0.2, -0.15) is 4.98 Å². The van der Waals surface area contributed by atoms with Crippen LogP contribution in [-0.4, -0.2) is 25.8 Å². The van der Waals surface area contributed by atoms with E-state index in [0.29, 0.717) is 12.1 Å². The first-order valence-corrected chi connectivity index (χ1v) is 9.64. The largest absolute Gasteiger partial charge is 0.416 e. The Morgan fingerprint density at radius 1 is 1.14 bits per heavy atom. The highest BCUT2D eigenvalue weighted by Gasteiger charge is 2.24. The molecule has 0 bridgehead atoms. The van der Waals surface area contributed by atoms with E-state index >= 15 is 0 Å². The second-order valence-corrected chi connectivity index (χ2v) is 7.76. The molecule has 1 amide bonds. The first-order chi connectivity index (χ1) is 13.5. The summed E-state index contributed by atoms with van der Waals surface area (Å²) in [4.78, 5) is 14.8. The summed E-state index contributed by atoms with van der Waals surface area (Å²) in [5.74, 6) is -5.27. The fraction of sp³-hybridized carbons (Fsp3) is 0.0588. The second kappa shape index (κ2) is 7.47. The summed E-state index contributed by atoms with van der Waals surface area (Å²) in [5.41, 5.74) is 4.43. The number of primary amides is 1. The van der Waals surface area contributed by atoms with Crippen molar-refractivity contribution in [3.05, 3.63) is 53.8 Å². The molecule has 3 N–H and O–H groups in total. The van der Waals surface area contributed by atoms with Crippen LogP contribution in [-0.2, 0) is 9.84 Å². The lowest BCUT2D eigenvalue weighted by atomic mass is 10.2. The summed E-state index contributed by atoms with van der Waals surface area (Å²) in [6.45, 7) is 0. The second-order valence-electron chi connectivity index (χ2n) is 5.74. The number of nitrogens with zero attached hydrogens (tertiary/aromatic N) is 1. The molecule has 0 aliphatic heterocycles. The van der Waals surface area contributed by atoms with Crippen LogP contribution in [0.15, 0.2) is 45.7 Å². The number of carbonyl (C=O) groups excluding carboxylic acids is 1. The van der Waals surface area contributed by atoms with Crippen LogP contribution >= 0.6 is 0 Å². The van der Waals surface area contributed by atoms with Gasteiger partial charge >= 0.3 is 6.09 Å². The standard InChI is InChI=1S/C17H12F3N3O5S/c1-29(25,26)10-4-2-9(3-5-10)22-15-16(28-17(21)24)23-14(27-15)13-11(19)6-8(18)7-12(13)20/h2-7,22H,1H3,(H2,21,24). The zero-order chi connectivity index (χ0) is 21.3. The number of nitrogens with two attached hydrogens (primary N) is 1. The number of carbonyl (C=O) groups is 1. The molecule has 0 aliphatic carbocycles. The average Bonchev–Trinajstić information content (AvgIpc) is 2.94. The summed E-state index contributed by atoms with van der Waals surface area (Å²) in [6.07, 6.45) is -0.247. The molecule has 0 spiro atoms. The lowest BCUT2D eigenvalue weighted by molar-refractivity contribution is 0.209. The number of sulfone groups is 1. The molecule has 152 valence electrons. The van der Waals surface area contributed by atoms with Crippen LogP contribution in [0.25, 0.3) is 11.5 Å². The predicted octanol–water partition coefficient (Wildman–Crippen LogP) is 3.36. The third-order valence-electron chi connectivity index (χ3n) is 3.55. The minimum absolute atomic E-state index is 0.0466. The molecule has 3 rings (SSSR count). The average molecular weight is 427 g/mol. The molecular weight excluding hydrogens is 415 g/mol. The van der Waals surface area contributed by atoms with Gasteiger partial charge in [0.05, 0.1) is 4.90 Å². The normalized spacial score (nSPS) is 11.3. The Balaban J connectivity index is 2.01. The van der Waals surface area contributed by atoms with Crippen molar-refractivity contribution in [1.29, 1.82) is 0 Å². The summed E-state index contributed by atoms with van der Waals surface area (Å²) in [7, 11) is -3.42. The van der Waals surface area contributed by atoms with Gasteiger partial charge in [-0.25, -0.2) is 26.4 Å². The molecule has 0 saturated heterocycles. The number of ether oxygens (including phenoxy) is 1. The van der Waals surface area contributed by atoms with E-state index in [9.17, 15) is 26.4 Å². The van der Waals surface area contributed by atoms with E-state index in [1.54, 1.807) is 0 Å². The van der Waals surface area contributed by atoms with Crippen molar-refractivity contribution < 1.29 is 35.5 Å². The van der Waals surface area contributed by atoms with E-state index < -0.39 is 50.7 Å². The molecule has 2 aromatic carbocycles. The third-order valence-corrected chi connectivity index (χ3v) is 4.68. The van der Waals surface area contributed by atoms with Crippen molar-refractivity contribution in [1.82, 2.24) is 4.98 Å². The predicted molar refractivity (Wildman–Crippen MR) is 94.9 cm³/mol. The Kier molecular flexibility index (Phi) is 5.20. The van der Waals surface area contributed by atoms with Crippen molar-refractivity contribution in [2.24, 2.45) is 5.73 Å². The van der Waals surface area contributed by atoms with Crippen LogP contribution in [0.5, 0.6) is 5.88 Å². The first kappa shape index (κ1) is 20.2. The van der Waals surface area contributed by atoms with Gasteiger partial charge < -0.3 is 20.2 Å². The topological polar surface area (TPSA) is 125 Å². The highest BCUT2D eigenvalue weighted by atomic mass is 32.2. The van der Waals surface area contributed by atoms with Crippen molar-refractivity contribution in [2.75, 3.05) is 11.6 Å². The van der Waals surface area contributed by atoms with E-state index in [-0.39, 0.29) is 16.5 Å². The van der Waals surface area contributed by atoms with Crippen molar-refractivity contribution in [3.8, 4) is 17.3 Å². The van der Waals surface area contributed by atoms with Gasteiger partial charge in [0.25, 0.3) is 11.8 Å². The van der Waals surface area contributed by atoms with Crippen LogP contribution in [0.1, 0.15) is 0 Å². The van der Waals surface area contributed by atoms with Gasteiger partial charge in [-0.05, 0) is 24.3 Å². The molecule has 0 radical (unpaired) electrons. The quantitative estimate of drug-likeness (QED) is 0.640. The number of benzene rings is 2. The summed E-state index contributed by atoms with van der Waals surface area (Å²) in [6, 6.07) is 6.17. The number of nitrogens with one attached hydrogen (secondary N) is 1. The maximum absolute atomic E-state index is 14.0. The highest BCUT2D eigenvalue weighted by molar-refractivity contribution is 7.90. The van der Waals surface area contributed by atoms with Gasteiger partial charge in [-0.15, -0.1) is 0 Å². The molecule has 3 aromatic rings. The maximum atomic E-state index is 14.0. The summed E-state index contributed by atoms with van der Waals surface area (Å²) in [5, 5.41) is 2.62. The lowest BCUT2D eigenvalue weighted by Crippen LogP contribution is -2.17. The molecule has 1 aromatic heterocycles. The molecular formula is C17H12F3N3O5S. The summed E-state index contributed by atoms with van der Waals surface area (Å²) < 4.78 is 74.0. The first-order valence-electron chi connectivity index (χ1n) is 7.75. The van der Waals surface area contributed by atoms with Crippen LogP contribution in [0.2, 0.25) is 0 Å². The minimum atomic E-state index is -3.42. The Bertz CT molecular complexity index is 1170. The fourth-order valence-corrected chi connectivity index (χ4v) is 2.95. The SMILES string of the molecule is CS(=O)(=O)c1ccc(Nc2oc(-c3c(F)cc(F)cc3F)nc2OC(N)=O)cc1. The molecule has 0 fully saturated rings. The number of halogens is 3. The number of rotatable bonds is 5. The molecule has 1 heterocycles. The number of aromatic nitrogens is 1. The smallest absolute Gasteiger partial charge is 0.411 e. The van der Waals surface area contributed by atoms with Crippen LogP contribution in [0.4, 0.5) is 29.5 Å². The minimum Gasteiger partial charge on any atom is -0.416 e. The Morgan fingerprint density at radius 2 is 1.72 bits per heavy atom. The fourth-order valence-electron chi connectivity index (χ4n) is 2.32. The Morgan fingerprint density at radius 3 is 2.24 bits per heavy atom. The Labute approximate surface area is 162 Å². The zero-order valence-corrected chi connectivity index (χ0v) is 15.4. The van der Waals surface area contributed by atoms with E-state index in [0.717, 1.165) is 6.26 Å². The van der Waals surface area contributed by atoms with E-state index in [1.165, 1.54) is 24.3 Å². The molecule has 0 aliphatic rings. The van der Waals surface area contributed by atoms with Gasteiger partial charge in [0.1, 0.15) is 23.0 Å². The lowest BCUT2D eigenvalue weighted by Gasteiger charge is -2.05. The summed E-state index contributed by atoms with van der Waals surface area (Å²) >= 11 is 0. The van der Waals surface area contributed by atoms with Crippen LogP contribution in [0.3, 0.4) is 0 Å². The third kappa shape index (κ3) is 4.48. The van der Waals surface area contributed by atoms with Gasteiger partial charge in [-0.1, -0.05) is 0 Å². The molecule has 8 nitrogen and oxygen atoms in total. The number of oxazole rings is 1. The van der Waals surface area contributed by atoms with Crippen molar-refractivity contribution >= 4 is 27.5 Å². The van der Waals surface area contributed by atoms with Gasteiger partial charge in [0.15, 0.2) is 9.84 Å². The number of hydrogen-bond acceptors (Lipinski definition) is 7.